The van der Waals surface area contributed by atoms with Crippen LogP contribution in [-0.4, -0.2) is 34.6 Å². The lowest BCUT2D eigenvalue weighted by Crippen LogP contribution is -2.52. The maximum absolute atomic E-state index is 13.5. The molecule has 2 aromatic rings. The molecule has 1 atom stereocenters. The molecule has 0 saturated heterocycles. The molecule has 1 aliphatic carbocycles. The van der Waals surface area contributed by atoms with Gasteiger partial charge in [-0.2, -0.15) is 0 Å². The van der Waals surface area contributed by atoms with Crippen molar-refractivity contribution in [3.63, 3.8) is 0 Å². The zero-order valence-corrected chi connectivity index (χ0v) is 23.2. The Labute approximate surface area is 224 Å². The number of nitrogens with zero attached hydrogens (tertiary/aromatic N) is 1. The molecule has 190 valence electrons. The van der Waals surface area contributed by atoms with E-state index in [-0.39, 0.29) is 24.4 Å². The maximum atomic E-state index is 13.5. The fraction of sp³-hybridized carbons (Fsp3) is 0.500. The molecule has 2 aromatic carbocycles. The largest absolute Gasteiger partial charge is 0.352 e. The molecule has 0 radical (unpaired) electrons. The molecular weight excluding hydrogens is 499 g/mol. The van der Waals surface area contributed by atoms with Gasteiger partial charge in [0.25, 0.3) is 0 Å². The fourth-order valence-corrected chi connectivity index (χ4v) is 6.10. The monoisotopic (exact) mass is 534 g/mol. The summed E-state index contributed by atoms with van der Waals surface area (Å²) in [5.74, 6) is 0.911. The Morgan fingerprint density at radius 1 is 1.06 bits per heavy atom. The van der Waals surface area contributed by atoms with Crippen molar-refractivity contribution >= 4 is 46.8 Å². The van der Waals surface area contributed by atoms with Crippen LogP contribution in [0.1, 0.15) is 67.7 Å². The number of amides is 2. The van der Waals surface area contributed by atoms with Gasteiger partial charge < -0.3 is 10.2 Å². The van der Waals surface area contributed by atoms with Crippen LogP contribution in [0.2, 0.25) is 10.0 Å². The Hall–Kier alpha value is -1.69. The summed E-state index contributed by atoms with van der Waals surface area (Å²) < 4.78 is 0. The minimum Gasteiger partial charge on any atom is -0.352 e. The molecule has 1 saturated carbocycles. The van der Waals surface area contributed by atoms with Gasteiger partial charge in [0.2, 0.25) is 11.8 Å². The van der Waals surface area contributed by atoms with Gasteiger partial charge in [0.05, 0.1) is 5.75 Å². The zero-order valence-electron chi connectivity index (χ0n) is 20.9. The van der Waals surface area contributed by atoms with Gasteiger partial charge in [-0.3, -0.25) is 9.59 Å². The van der Waals surface area contributed by atoms with Crippen molar-refractivity contribution in [3.05, 3.63) is 68.7 Å². The molecule has 4 nitrogen and oxygen atoms in total. The number of halogens is 2. The first-order valence-electron chi connectivity index (χ1n) is 12.5. The molecule has 1 aliphatic rings. The van der Waals surface area contributed by atoms with Crippen LogP contribution < -0.4 is 5.32 Å². The van der Waals surface area contributed by atoms with E-state index in [0.717, 1.165) is 37.0 Å². The smallest absolute Gasteiger partial charge is 0.243 e. The molecule has 35 heavy (non-hydrogen) atoms. The van der Waals surface area contributed by atoms with Crippen LogP contribution in [0.25, 0.3) is 0 Å². The summed E-state index contributed by atoms with van der Waals surface area (Å²) >= 11 is 14.1. The third-order valence-electron chi connectivity index (χ3n) is 6.47. The zero-order chi connectivity index (χ0) is 25.4. The normalized spacial score (nSPS) is 15.0. The molecule has 0 heterocycles. The van der Waals surface area contributed by atoms with Crippen molar-refractivity contribution in [2.75, 3.05) is 5.75 Å². The molecular formula is C28H36Cl2N2O2S. The quantitative estimate of drug-likeness (QED) is 0.353. The average Bonchev–Trinajstić information content (AvgIpc) is 2.80. The van der Waals surface area contributed by atoms with E-state index in [4.69, 9.17) is 23.2 Å². The lowest BCUT2D eigenvalue weighted by molar-refractivity contribution is -0.139. The molecule has 0 aliphatic heterocycles. The lowest BCUT2D eigenvalue weighted by atomic mass is 9.95. The van der Waals surface area contributed by atoms with Crippen LogP contribution in [0.3, 0.4) is 0 Å². The van der Waals surface area contributed by atoms with Gasteiger partial charge >= 0.3 is 0 Å². The van der Waals surface area contributed by atoms with Crippen molar-refractivity contribution in [1.82, 2.24) is 10.2 Å². The molecule has 0 bridgehead atoms. The van der Waals surface area contributed by atoms with E-state index in [9.17, 15) is 9.59 Å². The van der Waals surface area contributed by atoms with Crippen LogP contribution in [0.15, 0.2) is 36.4 Å². The second-order valence-corrected chi connectivity index (χ2v) is 11.3. The highest BCUT2D eigenvalue weighted by molar-refractivity contribution is 7.99. The number of hydrogen-bond acceptors (Lipinski definition) is 3. The summed E-state index contributed by atoms with van der Waals surface area (Å²) in [5, 5.41) is 4.26. The maximum Gasteiger partial charge on any atom is 0.243 e. The Morgan fingerprint density at radius 3 is 2.37 bits per heavy atom. The number of thioether (sulfide) groups is 1. The highest BCUT2D eigenvalue weighted by atomic mass is 35.5. The number of carbonyl (C=O) groups is 2. The van der Waals surface area contributed by atoms with Crippen LogP contribution in [0, 0.1) is 13.8 Å². The molecule has 0 aromatic heterocycles. The van der Waals surface area contributed by atoms with Crippen LogP contribution in [-0.2, 0) is 21.9 Å². The van der Waals surface area contributed by atoms with E-state index in [2.05, 4.69) is 37.4 Å². The molecule has 7 heteroatoms. The van der Waals surface area contributed by atoms with Gasteiger partial charge in [0.1, 0.15) is 6.04 Å². The molecule has 2 amide bonds. The molecule has 0 unspecified atom stereocenters. The highest BCUT2D eigenvalue weighted by Gasteiger charge is 2.30. The number of benzene rings is 2. The summed E-state index contributed by atoms with van der Waals surface area (Å²) in [7, 11) is 0. The van der Waals surface area contributed by atoms with Crippen molar-refractivity contribution in [2.24, 2.45) is 0 Å². The Balaban J connectivity index is 1.74. The number of carbonyl (C=O) groups excluding carboxylic acids is 2. The summed E-state index contributed by atoms with van der Waals surface area (Å²) in [4.78, 5) is 28.5. The minimum atomic E-state index is -0.544. The number of nitrogens with one attached hydrogen (secondary N) is 1. The van der Waals surface area contributed by atoms with Gasteiger partial charge in [-0.1, -0.05) is 84.8 Å². The van der Waals surface area contributed by atoms with E-state index in [1.807, 2.05) is 13.0 Å². The SMILES string of the molecule is CC[C@@H](C(=O)NC1CCCCC1)N(Cc1ccc(Cl)cc1Cl)C(=O)CSCc1cc(C)cc(C)c1. The number of rotatable bonds is 10. The van der Waals surface area contributed by atoms with Crippen LogP contribution >= 0.6 is 35.0 Å². The predicted molar refractivity (Wildman–Crippen MR) is 148 cm³/mol. The Kier molecular flexibility index (Phi) is 10.8. The second-order valence-electron chi connectivity index (χ2n) is 9.51. The van der Waals surface area contributed by atoms with Crippen molar-refractivity contribution < 1.29 is 9.59 Å². The van der Waals surface area contributed by atoms with E-state index < -0.39 is 6.04 Å². The third-order valence-corrected chi connectivity index (χ3v) is 8.04. The minimum absolute atomic E-state index is 0.0592. The summed E-state index contributed by atoms with van der Waals surface area (Å²) in [6.07, 6.45) is 6.05. The Morgan fingerprint density at radius 2 is 1.74 bits per heavy atom. The second kappa shape index (κ2) is 13.6. The summed E-state index contributed by atoms with van der Waals surface area (Å²) in [5.41, 5.74) is 4.43. The fourth-order valence-electron chi connectivity index (χ4n) is 4.79. The molecule has 3 rings (SSSR count). The lowest BCUT2D eigenvalue weighted by Gasteiger charge is -2.33. The molecule has 0 spiro atoms. The Bertz CT molecular complexity index is 1000. The van der Waals surface area contributed by atoms with Crippen molar-refractivity contribution in [1.29, 1.82) is 0 Å². The van der Waals surface area contributed by atoms with Gasteiger partial charge in [0.15, 0.2) is 0 Å². The van der Waals surface area contributed by atoms with Gasteiger partial charge in [-0.25, -0.2) is 0 Å². The molecule has 1 N–H and O–H groups in total. The van der Waals surface area contributed by atoms with E-state index in [0.29, 0.717) is 22.2 Å². The van der Waals surface area contributed by atoms with Gasteiger partial charge in [-0.05, 0) is 56.4 Å². The first kappa shape index (κ1) is 27.9. The van der Waals surface area contributed by atoms with Crippen molar-refractivity contribution in [2.45, 2.75) is 83.7 Å². The van der Waals surface area contributed by atoms with Gasteiger partial charge in [-0.15, -0.1) is 11.8 Å². The number of aryl methyl sites for hydroxylation is 2. The van der Waals surface area contributed by atoms with Crippen LogP contribution in [0.5, 0.6) is 0 Å². The van der Waals surface area contributed by atoms with Crippen molar-refractivity contribution in [3.8, 4) is 0 Å². The standard InChI is InChI=1S/C28H36Cl2N2O2S/c1-4-26(28(34)31-24-8-6-5-7-9-24)32(16-22-10-11-23(29)15-25(22)30)27(33)18-35-17-21-13-19(2)12-20(3)14-21/h10-15,24,26H,4-9,16-18H2,1-3H3,(H,31,34)/t26-/m0/s1. The highest BCUT2D eigenvalue weighted by Crippen LogP contribution is 2.25. The predicted octanol–water partition coefficient (Wildman–Crippen LogP) is 7.10. The number of hydrogen-bond donors (Lipinski definition) is 1. The van der Waals surface area contributed by atoms with E-state index >= 15 is 0 Å². The molecule has 1 fully saturated rings. The average molecular weight is 536 g/mol. The van der Waals surface area contributed by atoms with Crippen LogP contribution in [0.4, 0.5) is 0 Å². The van der Waals surface area contributed by atoms with Gasteiger partial charge in [0, 0.05) is 28.4 Å². The first-order chi connectivity index (χ1) is 16.8. The topological polar surface area (TPSA) is 49.4 Å². The van der Waals surface area contributed by atoms with E-state index in [1.54, 1.807) is 28.8 Å². The summed E-state index contributed by atoms with van der Waals surface area (Å²) in [6.45, 7) is 6.40. The third kappa shape index (κ3) is 8.44. The van der Waals surface area contributed by atoms with E-state index in [1.165, 1.54) is 23.1 Å². The summed E-state index contributed by atoms with van der Waals surface area (Å²) in [6, 6.07) is 11.4. The first-order valence-corrected chi connectivity index (χ1v) is 14.4.